The average Bonchev–Trinajstić information content (AvgIpc) is 3.45. The van der Waals surface area contributed by atoms with Gasteiger partial charge in [-0.2, -0.15) is 0 Å². The van der Waals surface area contributed by atoms with Crippen LogP contribution in [-0.2, 0) is 27.3 Å². The molecular weight excluding hydrogens is 576 g/mol. The number of rotatable bonds is 7. The molecule has 2 aromatic rings. The number of hydrogen-bond donors (Lipinski definition) is 0. The van der Waals surface area contributed by atoms with Crippen molar-refractivity contribution in [2.45, 2.75) is 104 Å². The first-order valence-electron chi connectivity index (χ1n) is 16.5. The Labute approximate surface area is 266 Å². The van der Waals surface area contributed by atoms with Crippen LogP contribution in [0.15, 0.2) is 18.2 Å². The van der Waals surface area contributed by atoms with Crippen LogP contribution >= 0.6 is 11.6 Å². The van der Waals surface area contributed by atoms with Gasteiger partial charge < -0.3 is 19.3 Å². The van der Waals surface area contributed by atoms with E-state index in [2.05, 4.69) is 16.4 Å². The number of piperidine rings is 2. The van der Waals surface area contributed by atoms with Gasteiger partial charge in [-0.15, -0.1) is 0 Å². The summed E-state index contributed by atoms with van der Waals surface area (Å²) in [7, 11) is 0. The van der Waals surface area contributed by atoms with Crippen molar-refractivity contribution in [2.24, 2.45) is 5.92 Å². The molecule has 1 aromatic heterocycles. The van der Waals surface area contributed by atoms with Crippen LogP contribution in [0.1, 0.15) is 87.6 Å². The number of hydrogen-bond acceptors (Lipinski definition) is 5. The molecule has 1 aromatic carbocycles. The third-order valence-electron chi connectivity index (χ3n) is 10.7. The molecule has 44 heavy (non-hydrogen) atoms. The molecule has 5 heterocycles. The Hall–Kier alpha value is -2.91. The maximum absolute atomic E-state index is 13.9. The lowest BCUT2D eigenvalue weighted by Crippen LogP contribution is -2.46. The summed E-state index contributed by atoms with van der Waals surface area (Å²) in [5.74, 6) is 1.36. The minimum atomic E-state index is -0.0792. The fourth-order valence-corrected chi connectivity index (χ4v) is 8.48. The molecule has 3 fully saturated rings. The number of aromatic nitrogens is 2. The standard InChI is InChI=1S/C34H47ClN6O3/c1-22-6-7-29(20-31(22)35)40(34(44)26-10-15-37(16-11-26)24(3)42)14-5-13-39-27-8-9-28(39)19-30(18-27)41-23(2)36-32-21-38(25(4)43)17-12-33(32)41/h6-7,20,26-28,30H,5,8-19,21H2,1-4H3. The summed E-state index contributed by atoms with van der Waals surface area (Å²) >= 11 is 6.52. The second kappa shape index (κ2) is 12.8. The Morgan fingerprint density at radius 1 is 0.932 bits per heavy atom. The van der Waals surface area contributed by atoms with E-state index in [1.165, 1.54) is 18.5 Å². The van der Waals surface area contributed by atoms with Crippen LogP contribution in [-0.4, -0.2) is 86.8 Å². The van der Waals surface area contributed by atoms with Gasteiger partial charge in [-0.25, -0.2) is 4.98 Å². The summed E-state index contributed by atoms with van der Waals surface area (Å²) in [5.41, 5.74) is 4.28. The number of carbonyl (C=O) groups excluding carboxylic acids is 3. The lowest BCUT2D eigenvalue weighted by Gasteiger charge is -2.41. The Balaban J connectivity index is 1.11. The van der Waals surface area contributed by atoms with Gasteiger partial charge in [0.1, 0.15) is 5.82 Å². The van der Waals surface area contributed by atoms with Crippen molar-refractivity contribution >= 4 is 35.0 Å². The first-order valence-corrected chi connectivity index (χ1v) is 16.9. The Kier molecular flexibility index (Phi) is 9.07. The van der Waals surface area contributed by atoms with Gasteiger partial charge in [0, 0.05) is 93.4 Å². The van der Waals surface area contributed by atoms with Crippen molar-refractivity contribution in [3.05, 3.63) is 46.0 Å². The van der Waals surface area contributed by atoms with E-state index < -0.39 is 0 Å². The van der Waals surface area contributed by atoms with Gasteiger partial charge >= 0.3 is 0 Å². The van der Waals surface area contributed by atoms with Crippen LogP contribution in [0.4, 0.5) is 5.69 Å². The summed E-state index contributed by atoms with van der Waals surface area (Å²) < 4.78 is 2.51. The molecule has 0 aliphatic carbocycles. The molecule has 0 saturated carbocycles. The molecular formula is C34H47ClN6O3. The highest BCUT2D eigenvalue weighted by Gasteiger charge is 2.42. The SMILES string of the molecule is CC(=O)N1CCC(C(=O)N(CCCN2C3CCC2CC(n2c(C)nc4c2CCN(C(C)=O)C4)C3)c2ccc(C)c(Cl)c2)CC1. The third kappa shape index (κ3) is 6.14. The van der Waals surface area contributed by atoms with Crippen LogP contribution in [0, 0.1) is 19.8 Å². The molecule has 9 nitrogen and oxygen atoms in total. The molecule has 3 amide bonds. The summed E-state index contributed by atoms with van der Waals surface area (Å²) in [5, 5.41) is 0.679. The number of fused-ring (bicyclic) bond motifs is 3. The zero-order valence-electron chi connectivity index (χ0n) is 26.7. The monoisotopic (exact) mass is 622 g/mol. The molecule has 0 N–H and O–H groups in total. The molecule has 2 bridgehead atoms. The lowest BCUT2D eigenvalue weighted by atomic mass is 9.94. The summed E-state index contributed by atoms with van der Waals surface area (Å²) in [6.45, 7) is 11.7. The van der Waals surface area contributed by atoms with E-state index in [-0.39, 0.29) is 23.6 Å². The number of carbonyl (C=O) groups is 3. The highest BCUT2D eigenvalue weighted by molar-refractivity contribution is 6.31. The van der Waals surface area contributed by atoms with Crippen LogP contribution in [0.2, 0.25) is 5.02 Å². The number of benzene rings is 1. The van der Waals surface area contributed by atoms with Crippen molar-refractivity contribution in [3.8, 4) is 0 Å². The second-order valence-corrected chi connectivity index (χ2v) is 13.8. The maximum Gasteiger partial charge on any atom is 0.230 e. The first-order chi connectivity index (χ1) is 21.1. The Morgan fingerprint density at radius 3 is 2.25 bits per heavy atom. The number of anilines is 1. The van der Waals surface area contributed by atoms with E-state index in [0.29, 0.717) is 62.2 Å². The molecule has 3 saturated heterocycles. The van der Waals surface area contributed by atoms with E-state index in [4.69, 9.17) is 16.6 Å². The van der Waals surface area contributed by atoms with Gasteiger partial charge in [-0.3, -0.25) is 19.3 Å². The molecule has 6 rings (SSSR count). The second-order valence-electron chi connectivity index (χ2n) is 13.4. The van der Waals surface area contributed by atoms with E-state index in [0.717, 1.165) is 61.5 Å². The number of halogens is 1. The van der Waals surface area contributed by atoms with Gasteiger partial charge in [-0.05, 0) is 76.5 Å². The Bertz CT molecular complexity index is 1400. The highest BCUT2D eigenvalue weighted by atomic mass is 35.5. The molecule has 2 atom stereocenters. The van der Waals surface area contributed by atoms with E-state index in [1.807, 2.05) is 39.8 Å². The largest absolute Gasteiger partial charge is 0.343 e. The van der Waals surface area contributed by atoms with Crippen LogP contribution in [0.3, 0.4) is 0 Å². The zero-order valence-corrected chi connectivity index (χ0v) is 27.5. The van der Waals surface area contributed by atoms with E-state index >= 15 is 0 Å². The number of likely N-dealkylation sites (tertiary alicyclic amines) is 1. The number of aryl methyl sites for hydroxylation is 2. The normalized spacial score (nSPS) is 24.0. The first kappa shape index (κ1) is 31.1. The maximum atomic E-state index is 13.9. The van der Waals surface area contributed by atoms with Gasteiger partial charge in [0.15, 0.2) is 0 Å². The van der Waals surface area contributed by atoms with Gasteiger partial charge in [0.05, 0.1) is 12.2 Å². The quantitative estimate of drug-likeness (QED) is 0.438. The predicted molar refractivity (Wildman–Crippen MR) is 172 cm³/mol. The highest BCUT2D eigenvalue weighted by Crippen LogP contribution is 2.42. The third-order valence-corrected chi connectivity index (χ3v) is 11.1. The molecule has 0 spiro atoms. The Morgan fingerprint density at radius 2 is 1.61 bits per heavy atom. The number of amides is 3. The van der Waals surface area contributed by atoms with Crippen molar-refractivity contribution < 1.29 is 14.4 Å². The molecule has 10 heteroatoms. The molecule has 4 aliphatic rings. The number of imidazole rings is 1. The fraction of sp³-hybridized carbons (Fsp3) is 0.647. The topological polar surface area (TPSA) is 82.0 Å². The summed E-state index contributed by atoms with van der Waals surface area (Å²) in [4.78, 5) is 51.1. The van der Waals surface area contributed by atoms with Gasteiger partial charge in [0.2, 0.25) is 17.7 Å². The van der Waals surface area contributed by atoms with Gasteiger partial charge in [0.25, 0.3) is 0 Å². The van der Waals surface area contributed by atoms with E-state index in [9.17, 15) is 14.4 Å². The summed E-state index contributed by atoms with van der Waals surface area (Å²) in [6, 6.07) is 7.49. The van der Waals surface area contributed by atoms with Crippen molar-refractivity contribution in [1.29, 1.82) is 0 Å². The zero-order chi connectivity index (χ0) is 31.1. The minimum Gasteiger partial charge on any atom is -0.343 e. The smallest absolute Gasteiger partial charge is 0.230 e. The van der Waals surface area contributed by atoms with Crippen LogP contribution in [0.5, 0.6) is 0 Å². The fourth-order valence-electron chi connectivity index (χ4n) is 8.30. The summed E-state index contributed by atoms with van der Waals surface area (Å²) in [6.07, 6.45) is 7.89. The molecule has 0 radical (unpaired) electrons. The predicted octanol–water partition coefficient (Wildman–Crippen LogP) is 4.91. The minimum absolute atomic E-state index is 0.0792. The molecule has 2 unspecified atom stereocenters. The molecule has 4 aliphatic heterocycles. The van der Waals surface area contributed by atoms with Crippen LogP contribution < -0.4 is 4.90 Å². The number of nitrogens with zero attached hydrogens (tertiary/aromatic N) is 6. The van der Waals surface area contributed by atoms with Crippen molar-refractivity contribution in [2.75, 3.05) is 37.6 Å². The van der Waals surface area contributed by atoms with Crippen LogP contribution in [0.25, 0.3) is 0 Å². The van der Waals surface area contributed by atoms with E-state index in [1.54, 1.807) is 13.8 Å². The molecule has 238 valence electrons. The lowest BCUT2D eigenvalue weighted by molar-refractivity contribution is -0.133. The van der Waals surface area contributed by atoms with Crippen molar-refractivity contribution in [3.63, 3.8) is 0 Å². The van der Waals surface area contributed by atoms with Gasteiger partial charge in [-0.1, -0.05) is 17.7 Å². The average molecular weight is 623 g/mol. The van der Waals surface area contributed by atoms with Crippen molar-refractivity contribution in [1.82, 2.24) is 24.3 Å².